The predicted octanol–water partition coefficient (Wildman–Crippen LogP) is 5.16. The highest BCUT2D eigenvalue weighted by molar-refractivity contribution is 7.13. The summed E-state index contributed by atoms with van der Waals surface area (Å²) in [5.74, 6) is 1.43. The Labute approximate surface area is 177 Å². The zero-order valence-corrected chi connectivity index (χ0v) is 17.5. The number of thiazole rings is 1. The second kappa shape index (κ2) is 7.50. The third-order valence-corrected chi connectivity index (χ3v) is 6.13. The number of fused-ring (bicyclic) bond motifs is 2. The number of hydrogen-bond acceptors (Lipinski definition) is 7. The van der Waals surface area contributed by atoms with Gasteiger partial charge in [-0.15, -0.1) is 11.3 Å². The summed E-state index contributed by atoms with van der Waals surface area (Å²) in [5, 5.41) is 3.44. The Morgan fingerprint density at radius 3 is 2.70 bits per heavy atom. The fraction of sp³-hybridized carbons (Fsp3) is 0.217. The molecule has 0 radical (unpaired) electrons. The molecule has 152 valence electrons. The van der Waals surface area contributed by atoms with E-state index in [1.807, 2.05) is 41.8 Å². The van der Waals surface area contributed by atoms with Crippen molar-refractivity contribution in [3.05, 3.63) is 58.3 Å². The van der Waals surface area contributed by atoms with Gasteiger partial charge in [0.05, 0.1) is 11.3 Å². The maximum Gasteiger partial charge on any atom is 0.346 e. The van der Waals surface area contributed by atoms with Gasteiger partial charge in [0, 0.05) is 41.2 Å². The van der Waals surface area contributed by atoms with Crippen LogP contribution in [0.3, 0.4) is 0 Å². The summed E-state index contributed by atoms with van der Waals surface area (Å²) in [6.07, 6.45) is 0. The lowest BCUT2D eigenvalue weighted by molar-refractivity contribution is 0.174. The standard InChI is InChI=1S/C23H20N2O4S/c1-3-25(4-2)16-7-5-15-9-17(23(26)29-20(15)11-16)22-24-18(12-30-22)14-6-8-19-21(10-14)28-13-27-19/h5-12H,3-4,13H2,1-2H3. The van der Waals surface area contributed by atoms with E-state index in [-0.39, 0.29) is 12.4 Å². The quantitative estimate of drug-likeness (QED) is 0.416. The molecule has 0 N–H and O–H groups in total. The Balaban J connectivity index is 1.51. The first-order chi connectivity index (χ1) is 14.7. The highest BCUT2D eigenvalue weighted by Crippen LogP contribution is 2.37. The van der Waals surface area contributed by atoms with Crippen LogP contribution in [-0.4, -0.2) is 24.9 Å². The van der Waals surface area contributed by atoms with E-state index in [4.69, 9.17) is 13.9 Å². The van der Waals surface area contributed by atoms with Crippen LogP contribution in [0.15, 0.2) is 57.1 Å². The van der Waals surface area contributed by atoms with Crippen molar-refractivity contribution in [3.8, 4) is 33.3 Å². The molecule has 0 spiro atoms. The fourth-order valence-corrected chi connectivity index (χ4v) is 4.45. The lowest BCUT2D eigenvalue weighted by Crippen LogP contribution is -2.21. The van der Waals surface area contributed by atoms with Crippen LogP contribution in [0.1, 0.15) is 13.8 Å². The molecule has 1 aliphatic rings. The van der Waals surface area contributed by atoms with Gasteiger partial charge in [0.15, 0.2) is 11.5 Å². The third-order valence-electron chi connectivity index (χ3n) is 5.25. The molecule has 1 aliphatic heterocycles. The van der Waals surface area contributed by atoms with Crippen molar-refractivity contribution >= 4 is 28.0 Å². The van der Waals surface area contributed by atoms with Gasteiger partial charge in [-0.2, -0.15) is 0 Å². The first-order valence-electron chi connectivity index (χ1n) is 9.85. The Hall–Kier alpha value is -3.32. The molecule has 2 aromatic heterocycles. The molecule has 0 saturated heterocycles. The normalized spacial score (nSPS) is 12.5. The molecule has 0 unspecified atom stereocenters. The molecule has 0 amide bonds. The van der Waals surface area contributed by atoms with Gasteiger partial charge in [0.2, 0.25) is 6.79 Å². The number of aromatic nitrogens is 1. The Morgan fingerprint density at radius 2 is 1.87 bits per heavy atom. The van der Waals surface area contributed by atoms with E-state index >= 15 is 0 Å². The van der Waals surface area contributed by atoms with Crippen molar-refractivity contribution in [2.75, 3.05) is 24.8 Å². The van der Waals surface area contributed by atoms with E-state index < -0.39 is 0 Å². The largest absolute Gasteiger partial charge is 0.454 e. The maximum absolute atomic E-state index is 12.7. The molecule has 7 heteroatoms. The van der Waals surface area contributed by atoms with Crippen LogP contribution in [0, 0.1) is 0 Å². The molecule has 2 aromatic carbocycles. The van der Waals surface area contributed by atoms with E-state index in [0.29, 0.717) is 21.9 Å². The molecular formula is C23H20N2O4S. The van der Waals surface area contributed by atoms with Gasteiger partial charge in [0.25, 0.3) is 0 Å². The monoisotopic (exact) mass is 420 g/mol. The Morgan fingerprint density at radius 1 is 1.03 bits per heavy atom. The molecule has 0 fully saturated rings. The Kier molecular flexibility index (Phi) is 4.67. The SMILES string of the molecule is CCN(CC)c1ccc2cc(-c3nc(-c4ccc5c(c4)OCO5)cs3)c(=O)oc2c1. The lowest BCUT2D eigenvalue weighted by Gasteiger charge is -2.20. The summed E-state index contributed by atoms with van der Waals surface area (Å²) < 4.78 is 16.5. The van der Waals surface area contributed by atoms with Gasteiger partial charge in [0.1, 0.15) is 10.6 Å². The summed E-state index contributed by atoms with van der Waals surface area (Å²) in [6, 6.07) is 13.5. The number of ether oxygens (including phenoxy) is 2. The van der Waals surface area contributed by atoms with Crippen LogP contribution >= 0.6 is 11.3 Å². The van der Waals surface area contributed by atoms with E-state index in [0.717, 1.165) is 41.2 Å². The molecule has 6 nitrogen and oxygen atoms in total. The molecule has 5 rings (SSSR count). The van der Waals surface area contributed by atoms with Crippen LogP contribution in [0.2, 0.25) is 0 Å². The van der Waals surface area contributed by atoms with Crippen LogP contribution in [-0.2, 0) is 0 Å². The summed E-state index contributed by atoms with van der Waals surface area (Å²) in [6.45, 7) is 6.23. The average molecular weight is 420 g/mol. The molecule has 3 heterocycles. The molecule has 30 heavy (non-hydrogen) atoms. The fourth-order valence-electron chi connectivity index (χ4n) is 3.62. The van der Waals surface area contributed by atoms with E-state index in [1.54, 1.807) is 0 Å². The molecule has 4 aromatic rings. The topological polar surface area (TPSA) is 64.8 Å². The smallest absolute Gasteiger partial charge is 0.346 e. The zero-order valence-electron chi connectivity index (χ0n) is 16.7. The number of rotatable bonds is 5. The van der Waals surface area contributed by atoms with Gasteiger partial charge in [-0.1, -0.05) is 0 Å². The summed E-state index contributed by atoms with van der Waals surface area (Å²) >= 11 is 1.42. The van der Waals surface area contributed by atoms with Gasteiger partial charge in [-0.25, -0.2) is 9.78 Å². The van der Waals surface area contributed by atoms with Crippen molar-refractivity contribution in [2.45, 2.75) is 13.8 Å². The van der Waals surface area contributed by atoms with Crippen LogP contribution < -0.4 is 20.0 Å². The summed E-state index contributed by atoms with van der Waals surface area (Å²) in [4.78, 5) is 19.6. The molecule has 0 aliphatic carbocycles. The van der Waals surface area contributed by atoms with Gasteiger partial charge >= 0.3 is 5.63 Å². The van der Waals surface area contributed by atoms with Crippen molar-refractivity contribution in [1.29, 1.82) is 0 Å². The first kappa shape index (κ1) is 18.7. The minimum absolute atomic E-state index is 0.231. The molecular weight excluding hydrogens is 400 g/mol. The molecule has 0 bridgehead atoms. The molecule has 0 atom stereocenters. The van der Waals surface area contributed by atoms with Crippen molar-refractivity contribution < 1.29 is 13.9 Å². The first-order valence-corrected chi connectivity index (χ1v) is 10.7. The highest BCUT2D eigenvalue weighted by Gasteiger charge is 2.17. The van der Waals surface area contributed by atoms with Crippen LogP contribution in [0.4, 0.5) is 5.69 Å². The van der Waals surface area contributed by atoms with Crippen molar-refractivity contribution in [3.63, 3.8) is 0 Å². The van der Waals surface area contributed by atoms with E-state index in [9.17, 15) is 4.79 Å². The number of hydrogen-bond donors (Lipinski definition) is 0. The van der Waals surface area contributed by atoms with Gasteiger partial charge in [-0.3, -0.25) is 0 Å². The second-order valence-corrected chi connectivity index (χ2v) is 7.81. The van der Waals surface area contributed by atoms with Crippen molar-refractivity contribution in [1.82, 2.24) is 4.98 Å². The minimum Gasteiger partial charge on any atom is -0.454 e. The van der Waals surface area contributed by atoms with E-state index in [2.05, 4.69) is 29.8 Å². The van der Waals surface area contributed by atoms with Crippen LogP contribution in [0.5, 0.6) is 11.5 Å². The number of benzene rings is 2. The summed E-state index contributed by atoms with van der Waals surface area (Å²) in [7, 11) is 0. The number of anilines is 1. The Bertz CT molecular complexity index is 1290. The van der Waals surface area contributed by atoms with E-state index in [1.165, 1.54) is 11.3 Å². The second-order valence-electron chi connectivity index (χ2n) is 6.95. The minimum atomic E-state index is -0.384. The highest BCUT2D eigenvalue weighted by atomic mass is 32.1. The number of nitrogens with zero attached hydrogens (tertiary/aromatic N) is 2. The third kappa shape index (κ3) is 3.21. The lowest BCUT2D eigenvalue weighted by atomic mass is 10.1. The van der Waals surface area contributed by atoms with Crippen LogP contribution in [0.25, 0.3) is 32.8 Å². The molecule has 0 saturated carbocycles. The average Bonchev–Trinajstić information content (AvgIpc) is 3.43. The maximum atomic E-state index is 12.7. The van der Waals surface area contributed by atoms with Crippen molar-refractivity contribution in [2.24, 2.45) is 0 Å². The van der Waals surface area contributed by atoms with Gasteiger partial charge < -0.3 is 18.8 Å². The predicted molar refractivity (Wildman–Crippen MR) is 119 cm³/mol. The van der Waals surface area contributed by atoms with Gasteiger partial charge in [-0.05, 0) is 50.2 Å². The zero-order chi connectivity index (χ0) is 20.7. The summed E-state index contributed by atoms with van der Waals surface area (Å²) in [5.41, 5.74) is 3.41.